The molecule has 44 nitrogen and oxygen atoms in total. The summed E-state index contributed by atoms with van der Waals surface area (Å²) >= 11 is 16.9. The number of unbranched alkanes of at least 4 members (excludes halogenated alkanes) is 9. The van der Waals surface area contributed by atoms with E-state index >= 15 is 0 Å². The molecule has 0 atom stereocenters. The molecule has 0 bridgehead atoms. The van der Waals surface area contributed by atoms with E-state index in [0.29, 0.717) is 322 Å². The molecule has 0 radical (unpaired) electrons. The molecule has 0 aliphatic rings. The Morgan fingerprint density at radius 3 is 0.847 bits per heavy atom. The Labute approximate surface area is 872 Å². The van der Waals surface area contributed by atoms with Gasteiger partial charge in [-0.05, 0) is 69.7 Å². The molecule has 0 saturated heterocycles. The van der Waals surface area contributed by atoms with Gasteiger partial charge in [0.05, 0.1) is 263 Å². The molecule has 5 amide bonds. The summed E-state index contributed by atoms with van der Waals surface area (Å²) < 4.78 is 129. The van der Waals surface area contributed by atoms with Crippen molar-refractivity contribution in [2.24, 2.45) is 5.11 Å². The molecule has 0 aliphatic heterocycles. The second kappa shape index (κ2) is 135. The summed E-state index contributed by atoms with van der Waals surface area (Å²) in [5, 5.41) is 41.4. The van der Waals surface area contributed by atoms with E-state index in [1.165, 1.54) is 0 Å². The van der Waals surface area contributed by atoms with E-state index in [9.17, 15) is 33.6 Å². The van der Waals surface area contributed by atoms with Crippen LogP contribution in [0, 0.1) is 24.7 Å². The van der Waals surface area contributed by atoms with Crippen LogP contribution in [0.25, 0.3) is 10.4 Å². The standard InChI is InChI=1S/C32H60ClN5O10.C23H41ClN2O7.C19H38ClNO6.C9H19N3O3.C9H18O5.C5H6O2/c1-2-13-41-18-23-46-25-22-45-17-12-38-28-30(36-37-38)7-8-31(39)34-10-15-43-21-24-47-26-27-48-29-32(40)35-11-16-44-20-19-42-14-6-4-3-5-9-33;1-2-3-8-22(27)25-10-13-30-17-18-32-19-20-33-21-23(28)26-11-14-31-16-15-29-12-7-5-4-6-9-24;1-2-9-23-12-15-26-16-17-27-18-19(22)21-8-11-25-14-13-24-10-6-4-3-5-7-20;1-2-4-13-6-8-15-9-7-14-5-3-11-12-10;1-2-3-12-4-5-13-6-7-14-8-9(10)11;1-2-3-4-5(6)7/h28H,2-27,29H2,1H3,(H,34,39)(H,35,40);1H,3-21H2,(H,25,27)(H,26,28);2-18H2,1H3,(H,21,22);2-9H2,1H3;2-8H2,1H3,(H,10,11);1H,3-4H2,(H,6,7). The number of aliphatic carboxylic acids is 2. The number of aryl methyl sites for hydroxylation is 1. The van der Waals surface area contributed by atoms with Crippen LogP contribution in [0.1, 0.15) is 168 Å². The van der Waals surface area contributed by atoms with Crippen molar-refractivity contribution in [1.82, 2.24) is 41.6 Å². The summed E-state index contributed by atoms with van der Waals surface area (Å²) in [6.07, 6.45) is 30.9. The molecule has 144 heavy (non-hydrogen) atoms. The van der Waals surface area contributed by atoms with Crippen LogP contribution in [-0.4, -0.2) is 441 Å². The topological polar surface area (TPSA) is 521 Å². The van der Waals surface area contributed by atoms with Crippen LogP contribution in [-0.2, 0) is 160 Å². The second-order valence-electron chi connectivity index (χ2n) is 30.1. The molecule has 47 heteroatoms. The van der Waals surface area contributed by atoms with E-state index in [1.54, 1.807) is 4.68 Å². The normalized spacial score (nSPS) is 10.7. The van der Waals surface area contributed by atoms with Crippen LogP contribution in [0.2, 0.25) is 0 Å². The maximum Gasteiger partial charge on any atom is 0.329 e. The number of ether oxygens (including phenoxy) is 24. The Morgan fingerprint density at radius 1 is 0.319 bits per heavy atom. The van der Waals surface area contributed by atoms with E-state index in [4.69, 9.17) is 177 Å². The number of carbonyl (C=O) groups is 7. The number of halogens is 3. The average molecular weight is 2140 g/mol. The maximum absolute atomic E-state index is 12.1. The smallest absolute Gasteiger partial charge is 0.329 e. The number of rotatable bonds is 107. The lowest BCUT2D eigenvalue weighted by atomic mass is 10.2. The first-order valence-corrected chi connectivity index (χ1v) is 52.3. The van der Waals surface area contributed by atoms with Crippen molar-refractivity contribution < 1.29 is 157 Å². The van der Waals surface area contributed by atoms with Gasteiger partial charge in [-0.25, -0.2) is 9.48 Å². The Morgan fingerprint density at radius 2 is 0.569 bits per heavy atom. The van der Waals surface area contributed by atoms with Crippen molar-refractivity contribution in [3.05, 3.63) is 22.3 Å². The number of nitrogens with one attached hydrogen (secondary N) is 5. The average Bonchev–Trinajstić information content (AvgIpc) is 1.78. The lowest BCUT2D eigenvalue weighted by molar-refractivity contribution is -0.143. The van der Waals surface area contributed by atoms with E-state index in [-0.39, 0.29) is 62.4 Å². The SMILES string of the molecule is C#CCCC(=O)NCCOCCOCCOCC(=O)NCCOCCOCCCCCCCl.C#CCCC(=O)O.CCCOCCOCCOCC(=O)NCCOCCOCCCCCCCl.CCCOCCOCCOCC(=O)O.CCCOCCOCCOCCN=[N+]=[N-].CCCOCCOCCOCCn1cc(CCC(=O)NCCOCCOCCOCC(=O)NCCOCCOCCCCCCCl)nn1. The molecule has 0 fully saturated rings. The third kappa shape index (κ3) is 142. The van der Waals surface area contributed by atoms with Gasteiger partial charge in [0.25, 0.3) is 0 Å². The van der Waals surface area contributed by atoms with Gasteiger partial charge in [-0.2, -0.15) is 0 Å². The number of azide groups is 1. The summed E-state index contributed by atoms with van der Waals surface area (Å²) in [5.41, 5.74) is 8.73. The number of carbonyl (C=O) groups excluding carboxylic acids is 5. The lowest BCUT2D eigenvalue weighted by Crippen LogP contribution is -2.31. The highest BCUT2D eigenvalue weighted by atomic mass is 35.5. The molecule has 0 aromatic carbocycles. The first kappa shape index (κ1) is 146. The summed E-state index contributed by atoms with van der Waals surface area (Å²) in [4.78, 5) is 80.7. The molecular formula is C97H182Cl3N11O33. The zero-order valence-corrected chi connectivity index (χ0v) is 89.4. The van der Waals surface area contributed by atoms with Crippen LogP contribution < -0.4 is 26.6 Å². The minimum Gasteiger partial charge on any atom is -0.481 e. The van der Waals surface area contributed by atoms with Crippen LogP contribution in [0.4, 0.5) is 0 Å². The molecule has 0 saturated carbocycles. The first-order chi connectivity index (χ1) is 70.6. The molecule has 7 N–H and O–H groups in total. The van der Waals surface area contributed by atoms with Gasteiger partial charge in [-0.3, -0.25) is 28.8 Å². The van der Waals surface area contributed by atoms with Crippen LogP contribution in [0.5, 0.6) is 0 Å². The van der Waals surface area contributed by atoms with Gasteiger partial charge < -0.3 is 150 Å². The van der Waals surface area contributed by atoms with Crippen LogP contribution in [0.3, 0.4) is 0 Å². The quantitative estimate of drug-likeness (QED) is 0.00802. The number of nitrogens with zero attached hydrogens (tertiary/aromatic N) is 6. The molecule has 1 aromatic rings. The fourth-order valence-electron chi connectivity index (χ4n) is 10.1. The fourth-order valence-corrected chi connectivity index (χ4v) is 10.7. The van der Waals surface area contributed by atoms with E-state index in [2.05, 4.69) is 79.5 Å². The molecule has 0 spiro atoms. The number of carboxylic acids is 2. The molecular weight excluding hydrogens is 1950 g/mol. The van der Waals surface area contributed by atoms with Crippen molar-refractivity contribution in [3.8, 4) is 24.7 Å². The number of aromatic nitrogens is 3. The highest BCUT2D eigenvalue weighted by molar-refractivity contribution is 6.18. The largest absolute Gasteiger partial charge is 0.481 e. The summed E-state index contributed by atoms with van der Waals surface area (Å²) in [6, 6.07) is 0. The highest BCUT2D eigenvalue weighted by Gasteiger charge is 2.10. The number of hydrogen-bond acceptors (Lipinski definition) is 34. The zero-order valence-electron chi connectivity index (χ0n) is 87.2. The Hall–Kier alpha value is -6.23. The van der Waals surface area contributed by atoms with Crippen molar-refractivity contribution in [1.29, 1.82) is 0 Å². The number of terminal acetylenes is 2. The molecule has 1 rings (SSSR count). The van der Waals surface area contributed by atoms with Gasteiger partial charge in [0.2, 0.25) is 29.5 Å². The van der Waals surface area contributed by atoms with Crippen LogP contribution in [0.15, 0.2) is 11.3 Å². The van der Waals surface area contributed by atoms with E-state index in [0.717, 1.165) is 172 Å². The van der Waals surface area contributed by atoms with Gasteiger partial charge >= 0.3 is 11.9 Å². The van der Waals surface area contributed by atoms with Gasteiger partial charge in [0, 0.05) is 146 Å². The third-order valence-electron chi connectivity index (χ3n) is 17.3. The van der Waals surface area contributed by atoms with Gasteiger partial charge in [-0.1, -0.05) is 76.5 Å². The maximum atomic E-state index is 12.1. The molecule has 0 unspecified atom stereocenters. The minimum atomic E-state index is -0.962. The lowest BCUT2D eigenvalue weighted by Gasteiger charge is -2.09. The second-order valence-corrected chi connectivity index (χ2v) is 31.3. The minimum absolute atomic E-state index is 0.0218. The first-order valence-electron chi connectivity index (χ1n) is 50.7. The zero-order chi connectivity index (χ0) is 106. The molecule has 1 aromatic heterocycles. The predicted octanol–water partition coefficient (Wildman–Crippen LogP) is 8.47. The number of alkyl halides is 3. The number of amides is 5. The van der Waals surface area contributed by atoms with E-state index < -0.39 is 11.9 Å². The number of carboxylic acid groups (broad SMARTS) is 2. The van der Waals surface area contributed by atoms with Crippen molar-refractivity contribution in [3.63, 3.8) is 0 Å². The van der Waals surface area contributed by atoms with Crippen molar-refractivity contribution in [2.45, 2.75) is 175 Å². The van der Waals surface area contributed by atoms with E-state index in [1.807, 2.05) is 13.1 Å². The molecule has 1 heterocycles. The van der Waals surface area contributed by atoms with Crippen molar-refractivity contribution >= 4 is 76.3 Å². The molecule has 844 valence electrons. The third-order valence-corrected chi connectivity index (χ3v) is 18.1. The van der Waals surface area contributed by atoms with Crippen molar-refractivity contribution in [2.75, 3.05) is 374 Å². The van der Waals surface area contributed by atoms with Crippen LogP contribution >= 0.6 is 34.8 Å². The summed E-state index contributed by atoms with van der Waals surface area (Å²) in [5.74, 6) is 4.31. The highest BCUT2D eigenvalue weighted by Crippen LogP contribution is 2.05. The number of hydrogen-bond donors (Lipinski definition) is 7. The summed E-state index contributed by atoms with van der Waals surface area (Å²) in [6.45, 7) is 33.9. The summed E-state index contributed by atoms with van der Waals surface area (Å²) in [7, 11) is 0. The Bertz CT molecular complexity index is 2990. The van der Waals surface area contributed by atoms with Gasteiger partial charge in [0.15, 0.2) is 0 Å². The van der Waals surface area contributed by atoms with Gasteiger partial charge in [0.1, 0.15) is 26.4 Å². The predicted molar refractivity (Wildman–Crippen MR) is 547 cm³/mol. The monoisotopic (exact) mass is 2130 g/mol. The van der Waals surface area contributed by atoms with Gasteiger partial charge in [-0.15, -0.1) is 64.6 Å². The Kier molecular flexibility index (Phi) is 137. The fraction of sp³-hybridized carbons (Fsp3) is 0.866. The molecule has 0 aliphatic carbocycles. The Balaban J connectivity index is -0.000000585.